The fourth-order valence-corrected chi connectivity index (χ4v) is 3.04. The molecule has 1 heterocycles. The summed E-state index contributed by atoms with van der Waals surface area (Å²) in [5.74, 6) is -1.17. The van der Waals surface area contributed by atoms with Crippen molar-refractivity contribution in [3.63, 3.8) is 0 Å². The molecular weight excluding hydrogens is 335 g/mol. The van der Waals surface area contributed by atoms with Crippen molar-refractivity contribution in [3.05, 3.63) is 41.7 Å². The highest BCUT2D eigenvalue weighted by atomic mass is 19.1. The third kappa shape index (κ3) is 5.95. The van der Waals surface area contributed by atoms with Gasteiger partial charge in [0.15, 0.2) is 0 Å². The number of carbonyl (C=O) groups is 2. The lowest BCUT2D eigenvalue weighted by molar-refractivity contribution is -0.137. The van der Waals surface area contributed by atoms with E-state index in [9.17, 15) is 14.0 Å². The van der Waals surface area contributed by atoms with E-state index in [1.807, 2.05) is 0 Å². The summed E-state index contributed by atoms with van der Waals surface area (Å²) >= 11 is 0. The van der Waals surface area contributed by atoms with Gasteiger partial charge in [-0.1, -0.05) is 0 Å². The highest BCUT2D eigenvalue weighted by Gasteiger charge is 2.17. The zero-order valence-corrected chi connectivity index (χ0v) is 15.5. The largest absolute Gasteiger partial charge is 0.463 e. The summed E-state index contributed by atoms with van der Waals surface area (Å²) in [6, 6.07) is 4.61. The maximum absolute atomic E-state index is 13.6. The molecule has 0 N–H and O–H groups in total. The number of likely N-dealkylation sites (tertiary alicyclic amines) is 1. The molecule has 0 bridgehead atoms. The Morgan fingerprint density at radius 3 is 2.65 bits per heavy atom. The summed E-state index contributed by atoms with van der Waals surface area (Å²) in [4.78, 5) is 28.0. The molecule has 1 fully saturated rings. The van der Waals surface area contributed by atoms with Crippen molar-refractivity contribution in [2.24, 2.45) is 0 Å². The number of amides is 1. The zero-order chi connectivity index (χ0) is 18.9. The van der Waals surface area contributed by atoms with Crippen LogP contribution < -0.4 is 4.90 Å². The second kappa shape index (κ2) is 10.1. The van der Waals surface area contributed by atoms with Gasteiger partial charge in [-0.3, -0.25) is 4.79 Å². The number of anilines is 1. The van der Waals surface area contributed by atoms with Gasteiger partial charge < -0.3 is 14.5 Å². The van der Waals surface area contributed by atoms with E-state index in [0.29, 0.717) is 17.8 Å². The van der Waals surface area contributed by atoms with Crippen LogP contribution >= 0.6 is 0 Å². The topological polar surface area (TPSA) is 49.9 Å². The van der Waals surface area contributed by atoms with Crippen molar-refractivity contribution in [1.29, 1.82) is 0 Å². The van der Waals surface area contributed by atoms with E-state index >= 15 is 0 Å². The number of hydrogen-bond acceptors (Lipinski definition) is 4. The van der Waals surface area contributed by atoms with E-state index in [1.165, 1.54) is 25.0 Å². The van der Waals surface area contributed by atoms with Gasteiger partial charge in [-0.25, -0.2) is 9.18 Å². The van der Waals surface area contributed by atoms with Gasteiger partial charge in [0, 0.05) is 24.4 Å². The quantitative estimate of drug-likeness (QED) is 0.527. The Morgan fingerprint density at radius 2 is 2.00 bits per heavy atom. The highest BCUT2D eigenvalue weighted by molar-refractivity contribution is 6.04. The van der Waals surface area contributed by atoms with Gasteiger partial charge >= 0.3 is 5.97 Å². The van der Waals surface area contributed by atoms with Gasteiger partial charge in [0.25, 0.3) is 5.91 Å². The smallest absolute Gasteiger partial charge is 0.330 e. The van der Waals surface area contributed by atoms with Gasteiger partial charge in [-0.2, -0.15) is 0 Å². The molecule has 0 saturated carbocycles. The molecule has 1 aromatic rings. The molecule has 0 atom stereocenters. The van der Waals surface area contributed by atoms with E-state index in [1.54, 1.807) is 30.9 Å². The summed E-state index contributed by atoms with van der Waals surface area (Å²) in [6.07, 6.45) is 5.61. The van der Waals surface area contributed by atoms with Crippen LogP contribution in [0.25, 0.3) is 0 Å². The van der Waals surface area contributed by atoms with Crippen molar-refractivity contribution in [2.75, 3.05) is 37.7 Å². The number of carbonyl (C=O) groups excluding carboxylic acids is 2. The summed E-state index contributed by atoms with van der Waals surface area (Å²) in [5.41, 5.74) is 1.11. The SMILES string of the molecule is CCOC(=O)/C=C/C(=O)N(CCCN1CCCC1)c1ccc(F)c(C)c1. The third-order valence-electron chi connectivity index (χ3n) is 4.42. The van der Waals surface area contributed by atoms with Gasteiger partial charge in [0.2, 0.25) is 0 Å². The maximum atomic E-state index is 13.6. The standard InChI is InChI=1S/C20H27FN2O3/c1-3-26-20(25)10-9-19(24)23(14-6-13-22-11-4-5-12-22)17-7-8-18(21)16(2)15-17/h7-10,15H,3-6,11-14H2,1-2H3/b10-9+. The molecule has 1 aliphatic rings. The number of nitrogens with zero attached hydrogens (tertiary/aromatic N) is 2. The average molecular weight is 362 g/mol. The van der Waals surface area contributed by atoms with E-state index in [4.69, 9.17) is 4.74 Å². The number of aryl methyl sites for hydroxylation is 1. The number of benzene rings is 1. The molecule has 0 aliphatic carbocycles. The Balaban J connectivity index is 2.07. The third-order valence-corrected chi connectivity index (χ3v) is 4.42. The Kier molecular flexibility index (Phi) is 7.78. The molecule has 142 valence electrons. The molecule has 6 heteroatoms. The van der Waals surface area contributed by atoms with Gasteiger partial charge in [-0.15, -0.1) is 0 Å². The second-order valence-electron chi connectivity index (χ2n) is 6.41. The van der Waals surface area contributed by atoms with Crippen molar-refractivity contribution in [1.82, 2.24) is 4.90 Å². The van der Waals surface area contributed by atoms with Crippen LogP contribution in [0.2, 0.25) is 0 Å². The van der Waals surface area contributed by atoms with Crippen LogP contribution in [0.15, 0.2) is 30.4 Å². The fourth-order valence-electron chi connectivity index (χ4n) is 3.04. The normalized spacial score (nSPS) is 14.7. The second-order valence-corrected chi connectivity index (χ2v) is 6.41. The van der Waals surface area contributed by atoms with E-state index < -0.39 is 5.97 Å². The Labute approximate surface area is 154 Å². The van der Waals surface area contributed by atoms with Crippen molar-refractivity contribution >= 4 is 17.6 Å². The number of halogens is 1. The van der Waals surface area contributed by atoms with Crippen LogP contribution in [-0.2, 0) is 14.3 Å². The number of rotatable bonds is 8. The van der Waals surface area contributed by atoms with Gasteiger partial charge in [0.1, 0.15) is 5.82 Å². The summed E-state index contributed by atoms with van der Waals surface area (Å²) in [5, 5.41) is 0. The minimum Gasteiger partial charge on any atom is -0.463 e. The molecule has 0 radical (unpaired) electrons. The molecule has 1 aliphatic heterocycles. The molecule has 1 amide bonds. The molecule has 2 rings (SSSR count). The molecule has 26 heavy (non-hydrogen) atoms. The zero-order valence-electron chi connectivity index (χ0n) is 15.5. The lowest BCUT2D eigenvalue weighted by atomic mass is 10.2. The minimum absolute atomic E-state index is 0.258. The lowest BCUT2D eigenvalue weighted by Gasteiger charge is -2.23. The van der Waals surface area contributed by atoms with E-state index in [-0.39, 0.29) is 18.3 Å². The number of hydrogen-bond donors (Lipinski definition) is 0. The van der Waals surface area contributed by atoms with Crippen LogP contribution in [0.1, 0.15) is 31.7 Å². The van der Waals surface area contributed by atoms with Crippen LogP contribution in [0.4, 0.5) is 10.1 Å². The van der Waals surface area contributed by atoms with Crippen molar-refractivity contribution < 1.29 is 18.7 Å². The minimum atomic E-state index is -0.548. The molecule has 5 nitrogen and oxygen atoms in total. The lowest BCUT2D eigenvalue weighted by Crippen LogP contribution is -2.33. The Morgan fingerprint density at radius 1 is 1.27 bits per heavy atom. The van der Waals surface area contributed by atoms with Crippen LogP contribution in [-0.4, -0.2) is 49.6 Å². The predicted octanol–water partition coefficient (Wildman–Crippen LogP) is 3.07. The average Bonchev–Trinajstić information content (AvgIpc) is 3.13. The summed E-state index contributed by atoms with van der Waals surface area (Å²) < 4.78 is 18.4. The van der Waals surface area contributed by atoms with E-state index in [2.05, 4.69) is 4.90 Å². The fraction of sp³-hybridized carbons (Fsp3) is 0.500. The maximum Gasteiger partial charge on any atom is 0.330 e. The Bertz CT molecular complexity index is 654. The first-order valence-electron chi connectivity index (χ1n) is 9.16. The first kappa shape index (κ1) is 20.1. The van der Waals surface area contributed by atoms with E-state index in [0.717, 1.165) is 32.1 Å². The van der Waals surface area contributed by atoms with Crippen molar-refractivity contribution in [3.8, 4) is 0 Å². The first-order chi connectivity index (χ1) is 12.5. The first-order valence-corrected chi connectivity index (χ1v) is 9.16. The van der Waals surface area contributed by atoms with Crippen LogP contribution in [0.3, 0.4) is 0 Å². The molecule has 0 aromatic heterocycles. The predicted molar refractivity (Wildman–Crippen MR) is 99.6 cm³/mol. The molecular formula is C20H27FN2O3. The molecule has 1 saturated heterocycles. The Hall–Kier alpha value is -2.21. The van der Waals surface area contributed by atoms with Crippen LogP contribution in [0, 0.1) is 12.7 Å². The molecule has 0 spiro atoms. The van der Waals surface area contributed by atoms with Gasteiger partial charge in [0.05, 0.1) is 6.61 Å². The van der Waals surface area contributed by atoms with Crippen LogP contribution in [0.5, 0.6) is 0 Å². The highest BCUT2D eigenvalue weighted by Crippen LogP contribution is 2.20. The summed E-state index contributed by atoms with van der Waals surface area (Å²) in [7, 11) is 0. The van der Waals surface area contributed by atoms with Gasteiger partial charge in [-0.05, 0) is 76.5 Å². The number of ether oxygens (including phenoxy) is 1. The molecule has 1 aromatic carbocycles. The summed E-state index contributed by atoms with van der Waals surface area (Å²) in [6.45, 7) is 7.27. The molecule has 0 unspecified atom stereocenters. The number of esters is 1. The van der Waals surface area contributed by atoms with Crippen molar-refractivity contribution in [2.45, 2.75) is 33.1 Å². The monoisotopic (exact) mass is 362 g/mol.